The number of benzene rings is 1. The molecule has 4 heteroatoms. The van der Waals surface area contributed by atoms with Gasteiger partial charge in [0.15, 0.2) is 6.10 Å². The number of carboxylic acid groups (broad SMARTS) is 1. The highest BCUT2D eigenvalue weighted by molar-refractivity contribution is 5.74. The average molecular weight is 224 g/mol. The normalized spacial score (nSPS) is 13.2. The van der Waals surface area contributed by atoms with Gasteiger partial charge in [-0.25, -0.2) is 4.79 Å². The third-order valence-electron chi connectivity index (χ3n) is 2.72. The summed E-state index contributed by atoms with van der Waals surface area (Å²) < 4.78 is 5.16. The SMILES string of the molecule is COc1ccccc1C(C)(C)C(O)C(=O)O. The molecule has 0 radical (unpaired) electrons. The van der Waals surface area contributed by atoms with E-state index in [4.69, 9.17) is 9.84 Å². The molecule has 88 valence electrons. The fourth-order valence-electron chi connectivity index (χ4n) is 1.63. The van der Waals surface area contributed by atoms with Crippen LogP contribution in [0.5, 0.6) is 5.75 Å². The standard InChI is InChI=1S/C12H16O4/c1-12(2,10(13)11(14)15)8-6-4-5-7-9(8)16-3/h4-7,10,13H,1-3H3,(H,14,15). The molecule has 0 bridgehead atoms. The Kier molecular flexibility index (Phi) is 3.55. The van der Waals surface area contributed by atoms with Gasteiger partial charge in [-0.15, -0.1) is 0 Å². The average Bonchev–Trinajstić information content (AvgIpc) is 2.27. The first-order valence-corrected chi connectivity index (χ1v) is 4.95. The number of hydrogen-bond acceptors (Lipinski definition) is 3. The Morgan fingerprint density at radius 3 is 2.44 bits per heavy atom. The number of aliphatic hydroxyl groups is 1. The Morgan fingerprint density at radius 1 is 1.38 bits per heavy atom. The minimum Gasteiger partial charge on any atom is -0.496 e. The van der Waals surface area contributed by atoms with E-state index in [1.54, 1.807) is 38.1 Å². The van der Waals surface area contributed by atoms with E-state index in [0.29, 0.717) is 11.3 Å². The summed E-state index contributed by atoms with van der Waals surface area (Å²) >= 11 is 0. The van der Waals surface area contributed by atoms with Gasteiger partial charge in [0.05, 0.1) is 7.11 Å². The Bertz CT molecular complexity index is 384. The molecular weight excluding hydrogens is 208 g/mol. The van der Waals surface area contributed by atoms with Crippen LogP contribution in [0.3, 0.4) is 0 Å². The van der Waals surface area contributed by atoms with Gasteiger partial charge < -0.3 is 14.9 Å². The number of hydrogen-bond donors (Lipinski definition) is 2. The fraction of sp³-hybridized carbons (Fsp3) is 0.417. The van der Waals surface area contributed by atoms with Crippen LogP contribution in [0.4, 0.5) is 0 Å². The monoisotopic (exact) mass is 224 g/mol. The van der Waals surface area contributed by atoms with E-state index in [1.165, 1.54) is 7.11 Å². The van der Waals surface area contributed by atoms with Crippen molar-refractivity contribution in [1.82, 2.24) is 0 Å². The third-order valence-corrected chi connectivity index (χ3v) is 2.72. The summed E-state index contributed by atoms with van der Waals surface area (Å²) in [5.41, 5.74) is -0.231. The molecule has 1 unspecified atom stereocenters. The molecule has 1 rings (SSSR count). The van der Waals surface area contributed by atoms with Gasteiger partial charge in [0.1, 0.15) is 5.75 Å². The molecule has 1 atom stereocenters. The zero-order valence-electron chi connectivity index (χ0n) is 9.60. The number of para-hydroxylation sites is 1. The molecule has 4 nitrogen and oxygen atoms in total. The molecule has 16 heavy (non-hydrogen) atoms. The highest BCUT2D eigenvalue weighted by Gasteiger charge is 2.37. The summed E-state index contributed by atoms with van der Waals surface area (Å²) in [5.74, 6) is -0.663. The fourth-order valence-corrected chi connectivity index (χ4v) is 1.63. The van der Waals surface area contributed by atoms with Crippen LogP contribution in [0, 0.1) is 0 Å². The van der Waals surface area contributed by atoms with Gasteiger partial charge in [0, 0.05) is 11.0 Å². The Balaban J connectivity index is 3.20. The van der Waals surface area contributed by atoms with E-state index in [1.807, 2.05) is 0 Å². The number of methoxy groups -OCH3 is 1. The van der Waals surface area contributed by atoms with Crippen LogP contribution in [-0.4, -0.2) is 29.4 Å². The number of ether oxygens (including phenoxy) is 1. The molecule has 1 aromatic rings. The largest absolute Gasteiger partial charge is 0.496 e. The van der Waals surface area contributed by atoms with Crippen LogP contribution >= 0.6 is 0 Å². The summed E-state index contributed by atoms with van der Waals surface area (Å²) in [6.45, 7) is 3.34. The van der Waals surface area contributed by atoms with Crippen LogP contribution in [0.25, 0.3) is 0 Å². The Morgan fingerprint density at radius 2 is 1.94 bits per heavy atom. The van der Waals surface area contributed by atoms with Crippen molar-refractivity contribution in [3.63, 3.8) is 0 Å². The molecule has 0 aliphatic rings. The van der Waals surface area contributed by atoms with Crippen LogP contribution < -0.4 is 4.74 Å². The van der Waals surface area contributed by atoms with Crippen molar-refractivity contribution in [2.75, 3.05) is 7.11 Å². The quantitative estimate of drug-likeness (QED) is 0.811. The molecular formula is C12H16O4. The number of carbonyl (C=O) groups is 1. The molecule has 0 saturated carbocycles. The van der Waals surface area contributed by atoms with Gasteiger partial charge in [0.25, 0.3) is 0 Å². The van der Waals surface area contributed by atoms with E-state index in [2.05, 4.69) is 0 Å². The molecule has 0 aromatic heterocycles. The van der Waals surface area contributed by atoms with E-state index in [0.717, 1.165) is 0 Å². The summed E-state index contributed by atoms with van der Waals surface area (Å²) in [5, 5.41) is 18.5. The van der Waals surface area contributed by atoms with E-state index in [-0.39, 0.29) is 0 Å². The minimum absolute atomic E-state index is 0.577. The molecule has 0 spiro atoms. The first-order valence-electron chi connectivity index (χ1n) is 4.95. The lowest BCUT2D eigenvalue weighted by Gasteiger charge is -2.29. The molecule has 0 fully saturated rings. The summed E-state index contributed by atoms with van der Waals surface area (Å²) in [6, 6.07) is 7.08. The first-order chi connectivity index (χ1) is 7.41. The number of carboxylic acids is 1. The maximum atomic E-state index is 10.8. The minimum atomic E-state index is -1.47. The lowest BCUT2D eigenvalue weighted by molar-refractivity contribution is -0.150. The van der Waals surface area contributed by atoms with Crippen molar-refractivity contribution < 1.29 is 19.7 Å². The summed E-state index contributed by atoms with van der Waals surface area (Å²) in [6.07, 6.45) is -1.47. The van der Waals surface area contributed by atoms with Crippen molar-refractivity contribution in [3.05, 3.63) is 29.8 Å². The molecule has 0 amide bonds. The van der Waals surface area contributed by atoms with Gasteiger partial charge in [-0.3, -0.25) is 0 Å². The second-order valence-corrected chi connectivity index (χ2v) is 4.16. The first kappa shape index (κ1) is 12.5. The van der Waals surface area contributed by atoms with Crippen molar-refractivity contribution in [3.8, 4) is 5.75 Å². The van der Waals surface area contributed by atoms with E-state index >= 15 is 0 Å². The van der Waals surface area contributed by atoms with Crippen molar-refractivity contribution >= 4 is 5.97 Å². The molecule has 0 heterocycles. The highest BCUT2D eigenvalue weighted by Crippen LogP contribution is 2.34. The lowest BCUT2D eigenvalue weighted by Crippen LogP contribution is -2.40. The second kappa shape index (κ2) is 4.53. The lowest BCUT2D eigenvalue weighted by atomic mass is 9.79. The van der Waals surface area contributed by atoms with Gasteiger partial charge >= 0.3 is 5.97 Å². The Hall–Kier alpha value is -1.55. The van der Waals surface area contributed by atoms with Gasteiger partial charge in [-0.05, 0) is 6.07 Å². The summed E-state index contributed by atoms with van der Waals surface area (Å²) in [7, 11) is 1.52. The van der Waals surface area contributed by atoms with Crippen LogP contribution in [-0.2, 0) is 10.2 Å². The number of rotatable bonds is 4. The molecule has 0 aliphatic carbocycles. The topological polar surface area (TPSA) is 66.8 Å². The van der Waals surface area contributed by atoms with Gasteiger partial charge in [-0.1, -0.05) is 32.0 Å². The molecule has 0 aliphatic heterocycles. The third kappa shape index (κ3) is 2.17. The summed E-state index contributed by atoms with van der Waals surface area (Å²) in [4.78, 5) is 10.8. The zero-order chi connectivity index (χ0) is 12.3. The smallest absolute Gasteiger partial charge is 0.333 e. The number of aliphatic carboxylic acids is 1. The highest BCUT2D eigenvalue weighted by atomic mass is 16.5. The second-order valence-electron chi connectivity index (χ2n) is 4.16. The molecule has 0 saturated heterocycles. The molecule has 1 aromatic carbocycles. The van der Waals surface area contributed by atoms with Crippen LogP contribution in [0.2, 0.25) is 0 Å². The maximum absolute atomic E-state index is 10.8. The van der Waals surface area contributed by atoms with Gasteiger partial charge in [-0.2, -0.15) is 0 Å². The van der Waals surface area contributed by atoms with Crippen molar-refractivity contribution in [2.24, 2.45) is 0 Å². The van der Waals surface area contributed by atoms with Gasteiger partial charge in [0.2, 0.25) is 0 Å². The maximum Gasteiger partial charge on any atom is 0.333 e. The molecule has 2 N–H and O–H groups in total. The number of aliphatic hydroxyl groups excluding tert-OH is 1. The van der Waals surface area contributed by atoms with Crippen LogP contribution in [0.15, 0.2) is 24.3 Å². The van der Waals surface area contributed by atoms with E-state index < -0.39 is 17.5 Å². The predicted molar refractivity (Wildman–Crippen MR) is 59.7 cm³/mol. The Labute approximate surface area is 94.5 Å². The predicted octanol–water partition coefficient (Wildman–Crippen LogP) is 1.42. The zero-order valence-corrected chi connectivity index (χ0v) is 9.60. The van der Waals surface area contributed by atoms with Crippen LogP contribution in [0.1, 0.15) is 19.4 Å². The van der Waals surface area contributed by atoms with Crippen molar-refractivity contribution in [1.29, 1.82) is 0 Å². The van der Waals surface area contributed by atoms with E-state index in [9.17, 15) is 9.90 Å². The van der Waals surface area contributed by atoms with Crippen molar-refractivity contribution in [2.45, 2.75) is 25.4 Å².